The lowest BCUT2D eigenvalue weighted by atomic mass is 10.0. The molecule has 2 N–H and O–H groups in total. The van der Waals surface area contributed by atoms with Crippen LogP contribution in [0.25, 0.3) is 0 Å². The van der Waals surface area contributed by atoms with Gasteiger partial charge in [0.2, 0.25) is 5.91 Å². The van der Waals surface area contributed by atoms with Gasteiger partial charge in [0.25, 0.3) is 5.91 Å². The number of rotatable bonds is 6. The predicted molar refractivity (Wildman–Crippen MR) is 91.5 cm³/mol. The summed E-state index contributed by atoms with van der Waals surface area (Å²) in [6.07, 6.45) is 0.299. The van der Waals surface area contributed by atoms with Gasteiger partial charge in [-0.2, -0.15) is 5.26 Å². The molecule has 0 unspecified atom stereocenters. The molecule has 0 heterocycles. The summed E-state index contributed by atoms with van der Waals surface area (Å²) in [5, 5.41) is 14.4. The quantitative estimate of drug-likeness (QED) is 0.791. The maximum Gasteiger partial charge on any atom is 0.251 e. The van der Waals surface area contributed by atoms with Gasteiger partial charge in [0.1, 0.15) is 12.6 Å². The number of nitrogens with one attached hydrogen (secondary N) is 2. The third kappa shape index (κ3) is 5.11. The van der Waals surface area contributed by atoms with Gasteiger partial charge in [0, 0.05) is 17.0 Å². The van der Waals surface area contributed by atoms with E-state index in [1.807, 2.05) is 12.1 Å². The molecule has 2 aromatic carbocycles. The van der Waals surface area contributed by atoms with Crippen molar-refractivity contribution in [3.63, 3.8) is 0 Å². The van der Waals surface area contributed by atoms with E-state index in [9.17, 15) is 9.59 Å². The molecule has 0 saturated heterocycles. The van der Waals surface area contributed by atoms with Gasteiger partial charge in [-0.1, -0.05) is 41.9 Å². The Labute approximate surface area is 145 Å². The minimum Gasteiger partial charge on any atom is -0.341 e. The standard InChI is InChI=1S/C18H16ClN3O2/c19-15-8-6-13(7-9-15)12-16(18(24)21-11-10-20)22-17(23)14-4-2-1-3-5-14/h1-9,16H,11-12H2,(H,21,24)(H,22,23)/t16-/m0/s1. The van der Waals surface area contributed by atoms with Crippen LogP contribution in [-0.2, 0) is 11.2 Å². The maximum absolute atomic E-state index is 12.3. The zero-order chi connectivity index (χ0) is 17.4. The summed E-state index contributed by atoms with van der Waals surface area (Å²) < 4.78 is 0. The molecule has 6 heteroatoms. The zero-order valence-electron chi connectivity index (χ0n) is 12.8. The number of amides is 2. The van der Waals surface area contributed by atoms with E-state index < -0.39 is 11.9 Å². The topological polar surface area (TPSA) is 82.0 Å². The normalized spacial score (nSPS) is 11.2. The summed E-state index contributed by atoms with van der Waals surface area (Å²) >= 11 is 5.86. The van der Waals surface area contributed by atoms with E-state index >= 15 is 0 Å². The maximum atomic E-state index is 12.3. The Bertz CT molecular complexity index is 739. The molecule has 0 spiro atoms. The highest BCUT2D eigenvalue weighted by atomic mass is 35.5. The van der Waals surface area contributed by atoms with Crippen molar-refractivity contribution in [1.29, 1.82) is 5.26 Å². The first-order chi connectivity index (χ1) is 11.6. The Balaban J connectivity index is 2.13. The molecular weight excluding hydrogens is 326 g/mol. The molecule has 0 aliphatic carbocycles. The first kappa shape index (κ1) is 17.5. The van der Waals surface area contributed by atoms with Crippen LogP contribution >= 0.6 is 11.6 Å². The van der Waals surface area contributed by atoms with Crippen molar-refractivity contribution in [1.82, 2.24) is 10.6 Å². The number of benzene rings is 2. The molecule has 0 bridgehead atoms. The fourth-order valence-electron chi connectivity index (χ4n) is 2.15. The molecule has 0 saturated carbocycles. The number of hydrogen-bond donors (Lipinski definition) is 2. The summed E-state index contributed by atoms with van der Waals surface area (Å²) in [4.78, 5) is 24.5. The Hall–Kier alpha value is -2.84. The van der Waals surface area contributed by atoms with Crippen LogP contribution in [0.4, 0.5) is 0 Å². The first-order valence-corrected chi connectivity index (χ1v) is 7.73. The predicted octanol–water partition coefficient (Wildman–Crippen LogP) is 2.32. The lowest BCUT2D eigenvalue weighted by Crippen LogP contribution is -2.48. The van der Waals surface area contributed by atoms with Crippen LogP contribution in [0.5, 0.6) is 0 Å². The Morgan fingerprint density at radius 3 is 2.38 bits per heavy atom. The molecule has 2 amide bonds. The molecule has 0 fully saturated rings. The van der Waals surface area contributed by atoms with Gasteiger partial charge in [-0.25, -0.2) is 0 Å². The minimum absolute atomic E-state index is 0.114. The molecule has 5 nitrogen and oxygen atoms in total. The average Bonchev–Trinajstić information content (AvgIpc) is 2.61. The molecule has 1 atom stereocenters. The van der Waals surface area contributed by atoms with E-state index in [4.69, 9.17) is 16.9 Å². The van der Waals surface area contributed by atoms with Crippen LogP contribution in [-0.4, -0.2) is 24.4 Å². The number of nitrogens with zero attached hydrogens (tertiary/aromatic N) is 1. The minimum atomic E-state index is -0.785. The van der Waals surface area contributed by atoms with Gasteiger partial charge < -0.3 is 10.6 Å². The van der Waals surface area contributed by atoms with Gasteiger partial charge in [0.15, 0.2) is 0 Å². The molecule has 2 aromatic rings. The van der Waals surface area contributed by atoms with Gasteiger partial charge in [-0.15, -0.1) is 0 Å². The van der Waals surface area contributed by atoms with Gasteiger partial charge in [0.05, 0.1) is 6.07 Å². The Kier molecular flexibility index (Phi) is 6.35. The highest BCUT2D eigenvalue weighted by molar-refractivity contribution is 6.30. The fraction of sp³-hybridized carbons (Fsp3) is 0.167. The van der Waals surface area contributed by atoms with Crippen molar-refractivity contribution in [3.8, 4) is 6.07 Å². The van der Waals surface area contributed by atoms with Crippen molar-refractivity contribution in [2.75, 3.05) is 6.54 Å². The summed E-state index contributed by atoms with van der Waals surface area (Å²) in [6.45, 7) is -0.114. The monoisotopic (exact) mass is 341 g/mol. The molecule has 0 aromatic heterocycles. The van der Waals surface area contributed by atoms with Gasteiger partial charge in [-0.3, -0.25) is 9.59 Å². The lowest BCUT2D eigenvalue weighted by Gasteiger charge is -2.18. The van der Waals surface area contributed by atoms with Crippen LogP contribution in [0.15, 0.2) is 54.6 Å². The van der Waals surface area contributed by atoms with Crippen molar-refractivity contribution >= 4 is 23.4 Å². The number of hydrogen-bond acceptors (Lipinski definition) is 3. The summed E-state index contributed by atoms with van der Waals surface area (Å²) in [5.74, 6) is -0.752. The molecular formula is C18H16ClN3O2. The third-order valence-electron chi connectivity index (χ3n) is 3.35. The highest BCUT2D eigenvalue weighted by Gasteiger charge is 2.21. The van der Waals surface area contributed by atoms with E-state index in [0.29, 0.717) is 17.0 Å². The van der Waals surface area contributed by atoms with Gasteiger partial charge in [-0.05, 0) is 29.8 Å². The molecule has 0 aliphatic rings. The van der Waals surface area contributed by atoms with Crippen molar-refractivity contribution in [3.05, 3.63) is 70.7 Å². The zero-order valence-corrected chi connectivity index (χ0v) is 13.6. The fourth-order valence-corrected chi connectivity index (χ4v) is 2.27. The third-order valence-corrected chi connectivity index (χ3v) is 3.60. The lowest BCUT2D eigenvalue weighted by molar-refractivity contribution is -0.122. The van der Waals surface area contributed by atoms with E-state index in [1.54, 1.807) is 48.5 Å². The van der Waals surface area contributed by atoms with Crippen LogP contribution in [0, 0.1) is 11.3 Å². The second kappa shape index (κ2) is 8.70. The number of carbonyl (C=O) groups excluding carboxylic acids is 2. The van der Waals surface area contributed by atoms with Crippen LogP contribution in [0.3, 0.4) is 0 Å². The van der Waals surface area contributed by atoms with Crippen LogP contribution < -0.4 is 10.6 Å². The summed E-state index contributed by atoms with van der Waals surface area (Å²) in [7, 11) is 0. The van der Waals surface area contributed by atoms with Gasteiger partial charge >= 0.3 is 0 Å². The van der Waals surface area contributed by atoms with E-state index in [2.05, 4.69) is 10.6 Å². The number of halogens is 1. The van der Waals surface area contributed by atoms with Crippen molar-refractivity contribution < 1.29 is 9.59 Å². The Morgan fingerprint density at radius 1 is 1.08 bits per heavy atom. The van der Waals surface area contributed by atoms with Crippen molar-refractivity contribution in [2.45, 2.75) is 12.5 Å². The molecule has 0 aliphatic heterocycles. The molecule has 122 valence electrons. The largest absolute Gasteiger partial charge is 0.341 e. The number of carbonyl (C=O) groups is 2. The second-order valence-electron chi connectivity index (χ2n) is 5.10. The second-order valence-corrected chi connectivity index (χ2v) is 5.54. The first-order valence-electron chi connectivity index (χ1n) is 7.35. The summed E-state index contributed by atoms with van der Waals surface area (Å²) in [5.41, 5.74) is 1.32. The highest BCUT2D eigenvalue weighted by Crippen LogP contribution is 2.11. The SMILES string of the molecule is N#CCNC(=O)[C@H](Cc1ccc(Cl)cc1)NC(=O)c1ccccc1. The molecule has 2 rings (SSSR count). The summed E-state index contributed by atoms with van der Waals surface area (Å²) in [6, 6.07) is 16.7. The number of nitriles is 1. The van der Waals surface area contributed by atoms with E-state index in [-0.39, 0.29) is 12.5 Å². The smallest absolute Gasteiger partial charge is 0.251 e. The Morgan fingerprint density at radius 2 is 1.75 bits per heavy atom. The van der Waals surface area contributed by atoms with E-state index in [1.165, 1.54) is 0 Å². The van der Waals surface area contributed by atoms with E-state index in [0.717, 1.165) is 5.56 Å². The van der Waals surface area contributed by atoms with Crippen molar-refractivity contribution in [2.24, 2.45) is 0 Å². The average molecular weight is 342 g/mol. The molecule has 0 radical (unpaired) electrons. The van der Waals surface area contributed by atoms with Crippen LogP contribution in [0.1, 0.15) is 15.9 Å². The van der Waals surface area contributed by atoms with Crippen LogP contribution in [0.2, 0.25) is 5.02 Å². The molecule has 24 heavy (non-hydrogen) atoms.